The Bertz CT molecular complexity index is 1220. The molecule has 4 aromatic rings. The third-order valence-electron chi connectivity index (χ3n) is 5.50. The second kappa shape index (κ2) is 7.37. The number of rotatable bonds is 6. The number of hydrogen-bond acceptors (Lipinski definition) is 5. The number of carbonyl (C=O) groups is 1. The molecule has 1 saturated carbocycles. The monoisotopic (exact) mass is 402 g/mol. The average molecular weight is 402 g/mol. The third-order valence-corrected chi connectivity index (χ3v) is 5.50. The summed E-state index contributed by atoms with van der Waals surface area (Å²) in [7, 11) is 1.62. The molecule has 0 saturated heterocycles. The number of methoxy groups -OCH3 is 1. The molecule has 0 amide bonds. The summed E-state index contributed by atoms with van der Waals surface area (Å²) in [6, 6.07) is 15.9. The zero-order valence-electron chi connectivity index (χ0n) is 16.9. The van der Waals surface area contributed by atoms with E-state index in [4.69, 9.17) is 13.9 Å². The molecular formula is C24H22N2O4. The highest BCUT2D eigenvalue weighted by atomic mass is 16.5. The molecule has 2 heterocycles. The molecule has 0 unspecified atom stereocenters. The molecule has 2 aromatic carbocycles. The van der Waals surface area contributed by atoms with Crippen LogP contribution in [0, 0.1) is 6.92 Å². The normalized spacial score (nSPS) is 13.5. The van der Waals surface area contributed by atoms with Crippen molar-refractivity contribution in [2.24, 2.45) is 0 Å². The molecule has 152 valence electrons. The molecular weight excluding hydrogens is 380 g/mol. The zero-order valence-corrected chi connectivity index (χ0v) is 16.9. The zero-order chi connectivity index (χ0) is 20.7. The first-order valence-electron chi connectivity index (χ1n) is 10.0. The van der Waals surface area contributed by atoms with E-state index < -0.39 is 0 Å². The minimum atomic E-state index is -0.366. The molecule has 30 heavy (non-hydrogen) atoms. The van der Waals surface area contributed by atoms with Crippen molar-refractivity contribution in [3.8, 4) is 17.2 Å². The fraction of sp³-hybridized carbons (Fsp3) is 0.250. The number of fused-ring (bicyclic) bond motifs is 1. The molecule has 0 radical (unpaired) electrons. The van der Waals surface area contributed by atoms with Gasteiger partial charge in [-0.2, -0.15) is 0 Å². The molecule has 0 atom stereocenters. The van der Waals surface area contributed by atoms with Crippen molar-refractivity contribution >= 4 is 16.9 Å². The molecule has 1 aliphatic rings. The van der Waals surface area contributed by atoms with Crippen LogP contribution in [0.25, 0.3) is 22.4 Å². The summed E-state index contributed by atoms with van der Waals surface area (Å²) >= 11 is 0. The number of esters is 1. The molecule has 0 N–H and O–H groups in total. The standard InChI is InChI=1S/C24H22N2O4/c1-15-22(20-12-19(28-2)10-11-21(20)26(15)18-8-9-18)24(27)30-14-17-13-29-23(25-17)16-6-4-3-5-7-16/h3-7,10-13,18H,8-9,14H2,1-2H3. The van der Waals surface area contributed by atoms with Crippen molar-refractivity contribution in [2.45, 2.75) is 32.4 Å². The van der Waals surface area contributed by atoms with E-state index in [0.717, 1.165) is 35.0 Å². The molecule has 0 spiro atoms. The van der Waals surface area contributed by atoms with Crippen molar-refractivity contribution in [3.05, 3.63) is 71.7 Å². The van der Waals surface area contributed by atoms with E-state index >= 15 is 0 Å². The second-order valence-corrected chi connectivity index (χ2v) is 7.53. The van der Waals surface area contributed by atoms with Gasteiger partial charge in [-0.25, -0.2) is 9.78 Å². The van der Waals surface area contributed by atoms with Crippen molar-refractivity contribution in [1.29, 1.82) is 0 Å². The maximum atomic E-state index is 13.1. The van der Waals surface area contributed by atoms with Crippen LogP contribution in [0.1, 0.15) is 40.6 Å². The number of carbonyl (C=O) groups excluding carboxylic acids is 1. The van der Waals surface area contributed by atoms with Crippen molar-refractivity contribution in [3.63, 3.8) is 0 Å². The van der Waals surface area contributed by atoms with Gasteiger partial charge in [-0.1, -0.05) is 18.2 Å². The minimum Gasteiger partial charge on any atom is -0.497 e. The van der Waals surface area contributed by atoms with Gasteiger partial charge in [0, 0.05) is 28.2 Å². The van der Waals surface area contributed by atoms with E-state index in [0.29, 0.717) is 28.9 Å². The fourth-order valence-corrected chi connectivity index (χ4v) is 3.91. The number of hydrogen-bond donors (Lipinski definition) is 0. The Morgan fingerprint density at radius 3 is 2.73 bits per heavy atom. The largest absolute Gasteiger partial charge is 0.497 e. The molecule has 0 aliphatic heterocycles. The smallest absolute Gasteiger partial charge is 0.340 e. The highest BCUT2D eigenvalue weighted by Crippen LogP contribution is 2.42. The SMILES string of the molecule is COc1ccc2c(c1)c(C(=O)OCc1coc(-c3ccccc3)n1)c(C)n2C1CC1. The Morgan fingerprint density at radius 2 is 2.00 bits per heavy atom. The molecule has 2 aromatic heterocycles. The number of nitrogens with zero attached hydrogens (tertiary/aromatic N) is 2. The first kappa shape index (κ1) is 18.5. The van der Waals surface area contributed by atoms with E-state index in [1.165, 1.54) is 6.26 Å². The summed E-state index contributed by atoms with van der Waals surface area (Å²) in [5.74, 6) is 0.857. The first-order valence-corrected chi connectivity index (χ1v) is 10.0. The molecule has 0 bridgehead atoms. The average Bonchev–Trinajstić information content (AvgIpc) is 3.41. The van der Waals surface area contributed by atoms with Gasteiger partial charge in [0.05, 0.1) is 12.7 Å². The molecule has 1 aliphatic carbocycles. The van der Waals surface area contributed by atoms with E-state index in [1.54, 1.807) is 7.11 Å². The Hall–Kier alpha value is -3.54. The predicted octanol–water partition coefficient (Wildman–Crippen LogP) is 5.31. The maximum Gasteiger partial charge on any atom is 0.340 e. The van der Waals surface area contributed by atoms with Gasteiger partial charge in [-0.3, -0.25) is 0 Å². The van der Waals surface area contributed by atoms with E-state index in [1.807, 2.05) is 55.5 Å². The van der Waals surface area contributed by atoms with Gasteiger partial charge in [0.25, 0.3) is 0 Å². The van der Waals surface area contributed by atoms with E-state index in [-0.39, 0.29) is 12.6 Å². The number of benzene rings is 2. The molecule has 6 heteroatoms. The summed E-state index contributed by atoms with van der Waals surface area (Å²) in [4.78, 5) is 17.5. The van der Waals surface area contributed by atoms with Crippen LogP contribution < -0.4 is 4.74 Å². The number of oxazole rings is 1. The summed E-state index contributed by atoms with van der Waals surface area (Å²) in [6.45, 7) is 2.03. The van der Waals surface area contributed by atoms with Gasteiger partial charge < -0.3 is 18.5 Å². The van der Waals surface area contributed by atoms with Gasteiger partial charge in [-0.05, 0) is 50.1 Å². The fourth-order valence-electron chi connectivity index (χ4n) is 3.91. The lowest BCUT2D eigenvalue weighted by Gasteiger charge is -2.06. The topological polar surface area (TPSA) is 66.5 Å². The van der Waals surface area contributed by atoms with Crippen molar-refractivity contribution in [1.82, 2.24) is 9.55 Å². The number of ether oxygens (including phenoxy) is 2. The summed E-state index contributed by atoms with van der Waals surface area (Å²) < 4.78 is 18.8. The Labute approximate surface area is 174 Å². The highest BCUT2D eigenvalue weighted by Gasteiger charge is 2.31. The maximum absolute atomic E-state index is 13.1. The highest BCUT2D eigenvalue weighted by molar-refractivity contribution is 6.06. The van der Waals surface area contributed by atoms with Gasteiger partial charge in [-0.15, -0.1) is 0 Å². The van der Waals surface area contributed by atoms with Crippen LogP contribution in [0.3, 0.4) is 0 Å². The van der Waals surface area contributed by atoms with Gasteiger partial charge >= 0.3 is 5.97 Å². The lowest BCUT2D eigenvalue weighted by Crippen LogP contribution is -2.08. The Morgan fingerprint density at radius 1 is 1.20 bits per heavy atom. The van der Waals surface area contributed by atoms with Crippen molar-refractivity contribution in [2.75, 3.05) is 7.11 Å². The van der Waals surface area contributed by atoms with Gasteiger partial charge in [0.2, 0.25) is 5.89 Å². The first-order chi connectivity index (χ1) is 14.7. The summed E-state index contributed by atoms with van der Waals surface area (Å²) in [5, 5.41) is 0.855. The van der Waals surface area contributed by atoms with Crippen LogP contribution in [0.2, 0.25) is 0 Å². The molecule has 6 nitrogen and oxygen atoms in total. The Kier molecular flexibility index (Phi) is 4.54. The molecule has 5 rings (SSSR count). The van der Waals surface area contributed by atoms with Gasteiger partial charge in [0.15, 0.2) is 0 Å². The van der Waals surface area contributed by atoms with Crippen LogP contribution in [0.5, 0.6) is 5.75 Å². The minimum absolute atomic E-state index is 0.0503. The predicted molar refractivity (Wildman–Crippen MR) is 113 cm³/mol. The summed E-state index contributed by atoms with van der Waals surface area (Å²) in [5.41, 5.74) is 4.00. The lowest BCUT2D eigenvalue weighted by atomic mass is 10.1. The van der Waals surface area contributed by atoms with Crippen LogP contribution in [-0.2, 0) is 11.3 Å². The lowest BCUT2D eigenvalue weighted by molar-refractivity contribution is 0.0469. The van der Waals surface area contributed by atoms with Crippen molar-refractivity contribution < 1.29 is 18.7 Å². The van der Waals surface area contributed by atoms with Crippen LogP contribution in [0.4, 0.5) is 0 Å². The van der Waals surface area contributed by atoms with Gasteiger partial charge in [0.1, 0.15) is 24.3 Å². The second-order valence-electron chi connectivity index (χ2n) is 7.53. The van der Waals surface area contributed by atoms with Crippen LogP contribution in [0.15, 0.2) is 59.2 Å². The quantitative estimate of drug-likeness (QED) is 0.409. The Balaban J connectivity index is 1.41. The van der Waals surface area contributed by atoms with Crippen LogP contribution in [-0.4, -0.2) is 22.6 Å². The molecule has 1 fully saturated rings. The van der Waals surface area contributed by atoms with Crippen LogP contribution >= 0.6 is 0 Å². The summed E-state index contributed by atoms with van der Waals surface area (Å²) in [6.07, 6.45) is 3.79. The third kappa shape index (κ3) is 3.24. The van der Waals surface area contributed by atoms with E-state index in [9.17, 15) is 4.79 Å². The number of aromatic nitrogens is 2. The van der Waals surface area contributed by atoms with E-state index in [2.05, 4.69) is 9.55 Å².